The minimum absolute atomic E-state index is 0.0300. The zero-order valence-corrected chi connectivity index (χ0v) is 14.7. The second-order valence-electron chi connectivity index (χ2n) is 6.67. The number of hydrogen-bond acceptors (Lipinski definition) is 5. The number of aromatic nitrogens is 6. The average molecular weight is 363 g/mol. The van der Waals surface area contributed by atoms with Crippen LogP contribution in [-0.4, -0.2) is 46.5 Å². The second kappa shape index (κ2) is 5.76. The Labute approximate surface area is 153 Å². The molecule has 0 bridgehead atoms. The Kier molecular flexibility index (Phi) is 3.36. The summed E-state index contributed by atoms with van der Waals surface area (Å²) in [6, 6.07) is 7.72. The molecule has 0 saturated carbocycles. The summed E-state index contributed by atoms with van der Waals surface area (Å²) >= 11 is 0. The predicted molar refractivity (Wildman–Crippen MR) is 97.3 cm³/mol. The van der Waals surface area contributed by atoms with Gasteiger partial charge in [-0.25, -0.2) is 15.0 Å². The molecule has 3 aromatic heterocycles. The Morgan fingerprint density at radius 2 is 2.11 bits per heavy atom. The molecule has 1 aliphatic heterocycles. The van der Waals surface area contributed by atoms with Gasteiger partial charge in [0.2, 0.25) is 0 Å². The monoisotopic (exact) mass is 363 g/mol. The Bertz CT molecular complexity index is 1240. The second-order valence-corrected chi connectivity index (χ2v) is 6.67. The van der Waals surface area contributed by atoms with E-state index in [1.54, 1.807) is 4.90 Å². The van der Waals surface area contributed by atoms with Gasteiger partial charge >= 0.3 is 0 Å². The summed E-state index contributed by atoms with van der Waals surface area (Å²) in [5.74, 6) is 0.744. The molecule has 9 nitrogen and oxygen atoms in total. The van der Waals surface area contributed by atoms with Crippen molar-refractivity contribution in [1.29, 1.82) is 0 Å². The lowest BCUT2D eigenvalue weighted by atomic mass is 10.2. The summed E-state index contributed by atoms with van der Waals surface area (Å²) < 4.78 is 3.20. The topological polar surface area (TPSA) is 101 Å². The van der Waals surface area contributed by atoms with Crippen LogP contribution >= 0.6 is 0 Å². The molecule has 5 rings (SSSR count). The molecule has 1 saturated heterocycles. The summed E-state index contributed by atoms with van der Waals surface area (Å²) in [6.45, 7) is 0.581. The van der Waals surface area contributed by atoms with Crippen molar-refractivity contribution < 1.29 is 4.79 Å². The van der Waals surface area contributed by atoms with Gasteiger partial charge in [-0.05, 0) is 25.0 Å². The molecule has 1 atom stereocenters. The third-order valence-electron chi connectivity index (χ3n) is 5.17. The van der Waals surface area contributed by atoms with Gasteiger partial charge in [0, 0.05) is 19.8 Å². The SMILES string of the molecule is Cn1c(C2CCCN2C(=O)c2cnc3nc[nH]n3c2=O)nc2ccccc21. The maximum Gasteiger partial charge on any atom is 0.286 e. The van der Waals surface area contributed by atoms with Crippen molar-refractivity contribution in [2.45, 2.75) is 18.9 Å². The largest absolute Gasteiger partial charge is 0.329 e. The zero-order valence-electron chi connectivity index (χ0n) is 14.7. The van der Waals surface area contributed by atoms with Gasteiger partial charge in [-0.3, -0.25) is 14.7 Å². The molecule has 27 heavy (non-hydrogen) atoms. The van der Waals surface area contributed by atoms with Crippen molar-refractivity contribution in [1.82, 2.24) is 34.0 Å². The Hall–Kier alpha value is -3.49. The number of rotatable bonds is 2. The number of hydrogen-bond donors (Lipinski definition) is 1. The van der Waals surface area contributed by atoms with E-state index in [0.717, 1.165) is 29.7 Å². The van der Waals surface area contributed by atoms with E-state index in [1.165, 1.54) is 17.0 Å². The van der Waals surface area contributed by atoms with E-state index in [0.29, 0.717) is 6.54 Å². The number of benzene rings is 1. The average Bonchev–Trinajstić information content (AvgIpc) is 3.40. The molecule has 0 aliphatic carbocycles. The smallest absolute Gasteiger partial charge is 0.286 e. The van der Waals surface area contributed by atoms with Crippen LogP contribution in [0, 0.1) is 0 Å². The number of nitrogens with zero attached hydrogens (tertiary/aromatic N) is 6. The standard InChI is InChI=1S/C18H17N7O2/c1-23-13-6-3-2-5-12(13)22-15(23)14-7-4-8-24(14)16(26)11-9-19-18-20-10-21-25(18)17(11)27/h2-3,5-6,9-10,14H,4,7-8H2,1H3,(H,19,20,21). The lowest BCUT2D eigenvalue weighted by molar-refractivity contribution is 0.0726. The number of H-pyrrole nitrogens is 1. The normalized spacial score (nSPS) is 17.2. The molecule has 1 amide bonds. The molecular formula is C18H17N7O2. The van der Waals surface area contributed by atoms with E-state index < -0.39 is 5.56 Å². The molecule has 9 heteroatoms. The Morgan fingerprint density at radius 1 is 1.26 bits per heavy atom. The van der Waals surface area contributed by atoms with Gasteiger partial charge in [0.15, 0.2) is 0 Å². The summed E-state index contributed by atoms with van der Waals surface area (Å²) in [4.78, 5) is 40.3. The Balaban J connectivity index is 1.57. The fraction of sp³-hybridized carbons (Fsp3) is 0.278. The van der Waals surface area contributed by atoms with Gasteiger partial charge in [-0.15, -0.1) is 0 Å². The van der Waals surface area contributed by atoms with Crippen LogP contribution in [0.2, 0.25) is 0 Å². The van der Waals surface area contributed by atoms with Gasteiger partial charge < -0.3 is 9.47 Å². The van der Waals surface area contributed by atoms with E-state index in [1.807, 2.05) is 35.9 Å². The molecule has 4 heterocycles. The number of nitrogens with one attached hydrogen (secondary N) is 1. The first-order chi connectivity index (χ1) is 13.1. The van der Waals surface area contributed by atoms with Gasteiger partial charge in [-0.1, -0.05) is 12.1 Å². The van der Waals surface area contributed by atoms with Gasteiger partial charge in [0.25, 0.3) is 17.2 Å². The van der Waals surface area contributed by atoms with Crippen LogP contribution in [0.1, 0.15) is 35.1 Å². The highest BCUT2D eigenvalue weighted by atomic mass is 16.2. The number of carbonyl (C=O) groups excluding carboxylic acids is 1. The van der Waals surface area contributed by atoms with Crippen LogP contribution in [0.4, 0.5) is 0 Å². The van der Waals surface area contributed by atoms with Crippen LogP contribution < -0.4 is 5.56 Å². The van der Waals surface area contributed by atoms with Crippen LogP contribution in [0.5, 0.6) is 0 Å². The number of aryl methyl sites for hydroxylation is 1. The van der Waals surface area contributed by atoms with E-state index >= 15 is 0 Å². The number of imidazole rings is 1. The molecule has 136 valence electrons. The highest BCUT2D eigenvalue weighted by Gasteiger charge is 2.35. The lowest BCUT2D eigenvalue weighted by Crippen LogP contribution is -2.36. The molecule has 1 fully saturated rings. The summed E-state index contributed by atoms with van der Waals surface area (Å²) in [5.41, 5.74) is 1.50. The van der Waals surface area contributed by atoms with E-state index in [2.05, 4.69) is 15.1 Å². The van der Waals surface area contributed by atoms with Crippen molar-refractivity contribution in [3.63, 3.8) is 0 Å². The number of aromatic amines is 1. The van der Waals surface area contributed by atoms with E-state index in [-0.39, 0.29) is 23.3 Å². The molecule has 0 spiro atoms. The van der Waals surface area contributed by atoms with Crippen LogP contribution in [-0.2, 0) is 7.05 Å². The van der Waals surface area contributed by atoms with Crippen LogP contribution in [0.15, 0.2) is 41.6 Å². The molecule has 1 aliphatic rings. The van der Waals surface area contributed by atoms with Crippen LogP contribution in [0.3, 0.4) is 0 Å². The van der Waals surface area contributed by atoms with Crippen molar-refractivity contribution >= 4 is 22.7 Å². The van der Waals surface area contributed by atoms with Gasteiger partial charge in [0.1, 0.15) is 17.7 Å². The van der Waals surface area contributed by atoms with Crippen molar-refractivity contribution in [3.8, 4) is 0 Å². The van der Waals surface area contributed by atoms with Crippen molar-refractivity contribution in [2.75, 3.05) is 6.54 Å². The maximum absolute atomic E-state index is 13.1. The zero-order chi connectivity index (χ0) is 18.5. The summed E-state index contributed by atoms with van der Waals surface area (Å²) in [6.07, 6.45) is 4.35. The molecule has 1 N–H and O–H groups in total. The number of para-hydroxylation sites is 2. The molecular weight excluding hydrogens is 346 g/mol. The van der Waals surface area contributed by atoms with E-state index in [4.69, 9.17) is 4.98 Å². The first kappa shape index (κ1) is 15.7. The third-order valence-corrected chi connectivity index (χ3v) is 5.17. The van der Waals surface area contributed by atoms with Crippen molar-refractivity contribution in [3.05, 3.63) is 58.5 Å². The number of amides is 1. The van der Waals surface area contributed by atoms with E-state index in [9.17, 15) is 9.59 Å². The highest BCUT2D eigenvalue weighted by molar-refractivity contribution is 5.94. The van der Waals surface area contributed by atoms with Gasteiger partial charge in [-0.2, -0.15) is 4.52 Å². The number of carbonyl (C=O) groups is 1. The van der Waals surface area contributed by atoms with Gasteiger partial charge in [0.05, 0.1) is 17.1 Å². The lowest BCUT2D eigenvalue weighted by Gasteiger charge is -2.24. The minimum atomic E-state index is -0.446. The predicted octanol–water partition coefficient (Wildman–Crippen LogP) is 1.28. The summed E-state index contributed by atoms with van der Waals surface area (Å²) in [5, 5.41) is 2.69. The maximum atomic E-state index is 13.1. The Morgan fingerprint density at radius 3 is 2.96 bits per heavy atom. The number of fused-ring (bicyclic) bond motifs is 2. The first-order valence-corrected chi connectivity index (χ1v) is 8.78. The fourth-order valence-electron chi connectivity index (χ4n) is 3.84. The molecule has 0 radical (unpaired) electrons. The quantitative estimate of drug-likeness (QED) is 0.578. The van der Waals surface area contributed by atoms with Crippen LogP contribution in [0.25, 0.3) is 16.8 Å². The highest BCUT2D eigenvalue weighted by Crippen LogP contribution is 2.33. The first-order valence-electron chi connectivity index (χ1n) is 8.78. The van der Waals surface area contributed by atoms with Crippen molar-refractivity contribution in [2.24, 2.45) is 7.05 Å². The minimum Gasteiger partial charge on any atom is -0.329 e. The molecule has 1 aromatic carbocycles. The number of likely N-dealkylation sites (tertiary alicyclic amines) is 1. The molecule has 1 unspecified atom stereocenters. The third kappa shape index (κ3) is 2.28. The molecule has 4 aromatic rings. The fourth-order valence-corrected chi connectivity index (χ4v) is 3.84. The summed E-state index contributed by atoms with van der Waals surface area (Å²) in [7, 11) is 1.96.